The molecule has 0 saturated heterocycles. The van der Waals surface area contributed by atoms with Gasteiger partial charge in [0, 0.05) is 34.6 Å². The zero-order chi connectivity index (χ0) is 13.2. The van der Waals surface area contributed by atoms with Crippen LogP contribution < -0.4 is 4.90 Å². The average molecular weight is 292 g/mol. The van der Waals surface area contributed by atoms with Crippen molar-refractivity contribution in [3.63, 3.8) is 0 Å². The Morgan fingerprint density at radius 2 is 2.26 bits per heavy atom. The quantitative estimate of drug-likeness (QED) is 0.810. The SMILES string of the molecule is O=C(c1cnccn1)N1CCSc2ccc(Cl)cc21. The summed E-state index contributed by atoms with van der Waals surface area (Å²) in [7, 11) is 0. The van der Waals surface area contributed by atoms with E-state index in [2.05, 4.69) is 9.97 Å². The molecule has 2 heterocycles. The molecule has 0 atom stereocenters. The van der Waals surface area contributed by atoms with Gasteiger partial charge in [0.05, 0.1) is 11.9 Å². The molecule has 6 heteroatoms. The van der Waals surface area contributed by atoms with Crippen LogP contribution >= 0.6 is 23.4 Å². The van der Waals surface area contributed by atoms with Gasteiger partial charge < -0.3 is 4.90 Å². The van der Waals surface area contributed by atoms with Gasteiger partial charge in [-0.1, -0.05) is 11.6 Å². The summed E-state index contributed by atoms with van der Waals surface area (Å²) in [5.41, 5.74) is 1.19. The normalized spacial score (nSPS) is 14.1. The van der Waals surface area contributed by atoms with Crippen LogP contribution in [0.15, 0.2) is 41.7 Å². The van der Waals surface area contributed by atoms with Crippen LogP contribution in [0.25, 0.3) is 0 Å². The lowest BCUT2D eigenvalue weighted by molar-refractivity contribution is 0.0982. The zero-order valence-electron chi connectivity index (χ0n) is 9.91. The van der Waals surface area contributed by atoms with Crippen molar-refractivity contribution in [2.24, 2.45) is 0 Å². The van der Waals surface area contributed by atoms with Crippen LogP contribution in [0.5, 0.6) is 0 Å². The molecule has 4 nitrogen and oxygen atoms in total. The Morgan fingerprint density at radius 3 is 3.05 bits per heavy atom. The van der Waals surface area contributed by atoms with E-state index < -0.39 is 0 Å². The molecule has 0 radical (unpaired) electrons. The molecule has 1 aromatic carbocycles. The lowest BCUT2D eigenvalue weighted by atomic mass is 10.2. The number of benzene rings is 1. The van der Waals surface area contributed by atoms with E-state index in [9.17, 15) is 4.79 Å². The first-order valence-electron chi connectivity index (χ1n) is 5.76. The summed E-state index contributed by atoms with van der Waals surface area (Å²) < 4.78 is 0. The molecule has 1 aliphatic heterocycles. The molecule has 0 saturated carbocycles. The fraction of sp³-hybridized carbons (Fsp3) is 0.154. The van der Waals surface area contributed by atoms with E-state index in [4.69, 9.17) is 11.6 Å². The third-order valence-electron chi connectivity index (χ3n) is 2.81. The van der Waals surface area contributed by atoms with Gasteiger partial charge in [-0.05, 0) is 18.2 Å². The monoisotopic (exact) mass is 291 g/mol. The minimum atomic E-state index is -0.142. The van der Waals surface area contributed by atoms with Crippen molar-refractivity contribution < 1.29 is 4.79 Å². The second kappa shape index (κ2) is 5.19. The molecule has 1 aliphatic rings. The number of amides is 1. The highest BCUT2D eigenvalue weighted by Gasteiger charge is 2.25. The first-order valence-corrected chi connectivity index (χ1v) is 7.12. The Balaban J connectivity index is 2.00. The summed E-state index contributed by atoms with van der Waals surface area (Å²) in [6, 6.07) is 5.60. The number of halogens is 1. The molecule has 0 unspecified atom stereocenters. The molecular weight excluding hydrogens is 282 g/mol. The van der Waals surface area contributed by atoms with Gasteiger partial charge in [0.25, 0.3) is 5.91 Å². The molecule has 2 aromatic rings. The molecule has 0 fully saturated rings. The maximum atomic E-state index is 12.4. The number of aromatic nitrogens is 2. The largest absolute Gasteiger partial charge is 0.305 e. The van der Waals surface area contributed by atoms with E-state index in [0.29, 0.717) is 17.3 Å². The number of carbonyl (C=O) groups is 1. The Labute approximate surface area is 119 Å². The van der Waals surface area contributed by atoms with Gasteiger partial charge in [-0.2, -0.15) is 0 Å². The van der Waals surface area contributed by atoms with E-state index >= 15 is 0 Å². The first-order chi connectivity index (χ1) is 9.25. The van der Waals surface area contributed by atoms with Crippen LogP contribution in [-0.2, 0) is 0 Å². The minimum absolute atomic E-state index is 0.142. The van der Waals surface area contributed by atoms with Crippen LogP contribution in [-0.4, -0.2) is 28.2 Å². The second-order valence-electron chi connectivity index (χ2n) is 4.01. The van der Waals surface area contributed by atoms with Gasteiger partial charge in [0.1, 0.15) is 5.69 Å². The fourth-order valence-corrected chi connectivity index (χ4v) is 3.09. The predicted molar refractivity (Wildman–Crippen MR) is 75.9 cm³/mol. The summed E-state index contributed by atoms with van der Waals surface area (Å²) in [4.78, 5) is 23.2. The van der Waals surface area contributed by atoms with Crippen LogP contribution in [0.2, 0.25) is 5.02 Å². The maximum Gasteiger partial charge on any atom is 0.278 e. The van der Waals surface area contributed by atoms with Crippen molar-refractivity contribution in [2.75, 3.05) is 17.2 Å². The van der Waals surface area contributed by atoms with Crippen molar-refractivity contribution in [3.8, 4) is 0 Å². The average Bonchev–Trinajstić information content (AvgIpc) is 2.47. The number of hydrogen-bond acceptors (Lipinski definition) is 4. The number of nitrogens with zero attached hydrogens (tertiary/aromatic N) is 3. The Kier molecular flexibility index (Phi) is 3.40. The van der Waals surface area contributed by atoms with E-state index in [0.717, 1.165) is 16.3 Å². The summed E-state index contributed by atoms with van der Waals surface area (Å²) in [6.45, 7) is 0.646. The van der Waals surface area contributed by atoms with E-state index in [1.54, 1.807) is 22.9 Å². The highest BCUT2D eigenvalue weighted by atomic mass is 35.5. The van der Waals surface area contributed by atoms with Crippen molar-refractivity contribution in [3.05, 3.63) is 47.5 Å². The highest BCUT2D eigenvalue weighted by Crippen LogP contribution is 2.36. The van der Waals surface area contributed by atoms with Gasteiger partial charge in [-0.3, -0.25) is 9.78 Å². The summed E-state index contributed by atoms with van der Waals surface area (Å²) >= 11 is 7.74. The number of thioether (sulfide) groups is 1. The van der Waals surface area contributed by atoms with E-state index in [1.165, 1.54) is 12.4 Å². The van der Waals surface area contributed by atoms with Crippen molar-refractivity contribution in [1.82, 2.24) is 9.97 Å². The molecular formula is C13H10ClN3OS. The van der Waals surface area contributed by atoms with Crippen molar-refractivity contribution in [2.45, 2.75) is 4.90 Å². The van der Waals surface area contributed by atoms with Gasteiger partial charge in [-0.25, -0.2) is 4.98 Å². The number of hydrogen-bond donors (Lipinski definition) is 0. The molecule has 19 heavy (non-hydrogen) atoms. The molecule has 3 rings (SSSR count). The first kappa shape index (κ1) is 12.4. The summed E-state index contributed by atoms with van der Waals surface area (Å²) in [6.07, 6.45) is 4.55. The number of anilines is 1. The molecule has 0 N–H and O–H groups in total. The van der Waals surface area contributed by atoms with Gasteiger partial charge in [0.15, 0.2) is 0 Å². The number of carbonyl (C=O) groups excluding carboxylic acids is 1. The summed E-state index contributed by atoms with van der Waals surface area (Å²) in [5, 5.41) is 0.623. The van der Waals surface area contributed by atoms with Crippen LogP contribution in [0.4, 0.5) is 5.69 Å². The third-order valence-corrected chi connectivity index (χ3v) is 4.09. The molecule has 0 spiro atoms. The summed E-state index contributed by atoms with van der Waals surface area (Å²) in [5.74, 6) is 0.720. The van der Waals surface area contributed by atoms with Gasteiger partial charge in [-0.15, -0.1) is 11.8 Å². The smallest absolute Gasteiger partial charge is 0.278 e. The molecule has 1 aromatic heterocycles. The lowest BCUT2D eigenvalue weighted by Gasteiger charge is -2.28. The molecule has 96 valence electrons. The Hall–Kier alpha value is -1.59. The highest BCUT2D eigenvalue weighted by molar-refractivity contribution is 7.99. The fourth-order valence-electron chi connectivity index (χ4n) is 1.95. The van der Waals surface area contributed by atoms with Gasteiger partial charge in [0.2, 0.25) is 0 Å². The molecule has 0 aliphatic carbocycles. The van der Waals surface area contributed by atoms with Crippen molar-refractivity contribution in [1.29, 1.82) is 0 Å². The van der Waals surface area contributed by atoms with Crippen molar-refractivity contribution >= 4 is 35.0 Å². The maximum absolute atomic E-state index is 12.4. The standard InChI is InChI=1S/C13H10ClN3OS/c14-9-1-2-12-11(7-9)17(5-6-19-12)13(18)10-8-15-3-4-16-10/h1-4,7-8H,5-6H2. The van der Waals surface area contributed by atoms with Crippen LogP contribution in [0.1, 0.15) is 10.5 Å². The van der Waals surface area contributed by atoms with Crippen LogP contribution in [0.3, 0.4) is 0 Å². The van der Waals surface area contributed by atoms with E-state index in [1.807, 2.05) is 18.2 Å². The second-order valence-corrected chi connectivity index (χ2v) is 5.58. The third kappa shape index (κ3) is 2.43. The number of rotatable bonds is 1. The molecule has 0 bridgehead atoms. The topological polar surface area (TPSA) is 46.1 Å². The van der Waals surface area contributed by atoms with Crippen LogP contribution in [0, 0.1) is 0 Å². The Morgan fingerprint density at radius 1 is 1.37 bits per heavy atom. The minimum Gasteiger partial charge on any atom is -0.305 e. The number of fused-ring (bicyclic) bond motifs is 1. The predicted octanol–water partition coefficient (Wildman–Crippen LogP) is 2.88. The molecule has 1 amide bonds. The zero-order valence-corrected chi connectivity index (χ0v) is 11.5. The Bertz CT molecular complexity index is 621. The van der Waals surface area contributed by atoms with Gasteiger partial charge >= 0.3 is 0 Å². The van der Waals surface area contributed by atoms with E-state index in [-0.39, 0.29) is 5.91 Å². The lowest BCUT2D eigenvalue weighted by Crippen LogP contribution is -2.36.